The Morgan fingerprint density at radius 3 is 1.94 bits per heavy atom. The Hall–Kier alpha value is -0.540. The van der Waals surface area contributed by atoms with Crippen LogP contribution in [-0.4, -0.2) is 48.5 Å². The molecular formula is C9H17F2N3O2S2. The molecule has 18 heavy (non-hydrogen) atoms. The molecule has 0 aromatic carbocycles. The summed E-state index contributed by atoms with van der Waals surface area (Å²) in [6.45, 7) is 1.72. The number of likely N-dealkylation sites (N-methyl/N-ethyl adjacent to an activating group) is 2. The SMILES string of the molecule is CCN[C@](F)(CS)C(=O)NC(F)(CS)C(=O)NC. The molecule has 1 unspecified atom stereocenters. The van der Waals surface area contributed by atoms with E-state index in [9.17, 15) is 18.4 Å². The molecular weight excluding hydrogens is 284 g/mol. The lowest BCUT2D eigenvalue weighted by Crippen LogP contribution is -2.64. The molecule has 0 heterocycles. The predicted molar refractivity (Wildman–Crippen MR) is 71.3 cm³/mol. The number of halogens is 2. The van der Waals surface area contributed by atoms with E-state index < -0.39 is 34.9 Å². The molecule has 0 aromatic rings. The number of thiol groups is 2. The van der Waals surface area contributed by atoms with Gasteiger partial charge in [-0.2, -0.15) is 25.3 Å². The summed E-state index contributed by atoms with van der Waals surface area (Å²) >= 11 is 7.32. The minimum absolute atomic E-state index is 0.143. The molecule has 0 bridgehead atoms. The molecule has 0 aliphatic carbocycles. The molecule has 2 amide bonds. The van der Waals surface area contributed by atoms with E-state index in [0.717, 1.165) is 0 Å². The number of rotatable bonds is 7. The minimum atomic E-state index is -2.77. The average molecular weight is 301 g/mol. The van der Waals surface area contributed by atoms with Crippen molar-refractivity contribution < 1.29 is 18.4 Å². The zero-order valence-electron chi connectivity index (χ0n) is 10.1. The van der Waals surface area contributed by atoms with Crippen LogP contribution in [0.5, 0.6) is 0 Å². The number of carbonyl (C=O) groups excluding carboxylic acids is 2. The van der Waals surface area contributed by atoms with Crippen molar-refractivity contribution in [3.05, 3.63) is 0 Å². The molecule has 0 aromatic heterocycles. The minimum Gasteiger partial charge on any atom is -0.355 e. The summed E-state index contributed by atoms with van der Waals surface area (Å²) < 4.78 is 28.1. The van der Waals surface area contributed by atoms with Crippen molar-refractivity contribution in [2.24, 2.45) is 0 Å². The molecule has 0 fully saturated rings. The van der Waals surface area contributed by atoms with Gasteiger partial charge in [0.25, 0.3) is 17.6 Å². The first-order valence-electron chi connectivity index (χ1n) is 5.19. The van der Waals surface area contributed by atoms with Crippen LogP contribution in [0.25, 0.3) is 0 Å². The summed E-state index contributed by atoms with van der Waals surface area (Å²) in [7, 11) is 1.19. The van der Waals surface area contributed by atoms with Crippen LogP contribution in [0.2, 0.25) is 0 Å². The summed E-state index contributed by atoms with van der Waals surface area (Å²) in [4.78, 5) is 22.9. The van der Waals surface area contributed by atoms with Crippen LogP contribution >= 0.6 is 25.3 Å². The Morgan fingerprint density at radius 1 is 1.11 bits per heavy atom. The van der Waals surface area contributed by atoms with Gasteiger partial charge in [0, 0.05) is 12.8 Å². The first-order valence-corrected chi connectivity index (χ1v) is 6.45. The maximum Gasteiger partial charge on any atom is 0.279 e. The van der Waals surface area contributed by atoms with E-state index in [1.54, 1.807) is 12.2 Å². The van der Waals surface area contributed by atoms with Crippen LogP contribution in [0, 0.1) is 0 Å². The molecule has 9 heteroatoms. The summed E-state index contributed by atoms with van der Waals surface area (Å²) in [6, 6.07) is 0. The molecule has 0 aliphatic rings. The Labute approximate surface area is 115 Å². The fourth-order valence-electron chi connectivity index (χ4n) is 1.13. The average Bonchev–Trinajstić information content (AvgIpc) is 2.37. The topological polar surface area (TPSA) is 70.2 Å². The van der Waals surface area contributed by atoms with Gasteiger partial charge >= 0.3 is 0 Å². The lowest BCUT2D eigenvalue weighted by Gasteiger charge is -2.28. The van der Waals surface area contributed by atoms with Crippen LogP contribution in [-0.2, 0) is 9.59 Å². The van der Waals surface area contributed by atoms with Gasteiger partial charge in [0.2, 0.25) is 5.79 Å². The van der Waals surface area contributed by atoms with E-state index in [2.05, 4.69) is 30.6 Å². The third-order valence-corrected chi connectivity index (χ3v) is 3.02. The van der Waals surface area contributed by atoms with Gasteiger partial charge in [-0.3, -0.25) is 14.9 Å². The van der Waals surface area contributed by atoms with Gasteiger partial charge in [0.15, 0.2) is 0 Å². The van der Waals surface area contributed by atoms with E-state index in [4.69, 9.17) is 0 Å². The molecule has 3 N–H and O–H groups in total. The lowest BCUT2D eigenvalue weighted by molar-refractivity contribution is -0.145. The second-order valence-electron chi connectivity index (χ2n) is 3.48. The Morgan fingerprint density at radius 2 is 1.61 bits per heavy atom. The molecule has 0 radical (unpaired) electrons. The first-order chi connectivity index (χ1) is 8.29. The van der Waals surface area contributed by atoms with Gasteiger partial charge in [-0.15, -0.1) is 0 Å². The number of hydrogen-bond acceptors (Lipinski definition) is 5. The normalized spacial score (nSPS) is 17.4. The van der Waals surface area contributed by atoms with Gasteiger partial charge in [-0.1, -0.05) is 6.92 Å². The van der Waals surface area contributed by atoms with E-state index in [1.165, 1.54) is 7.05 Å². The smallest absolute Gasteiger partial charge is 0.279 e. The van der Waals surface area contributed by atoms with E-state index in [-0.39, 0.29) is 6.54 Å². The summed E-state index contributed by atoms with van der Waals surface area (Å²) in [5.74, 6) is -8.85. The Kier molecular flexibility index (Phi) is 6.93. The predicted octanol–water partition coefficient (Wildman–Crippen LogP) is -0.351. The van der Waals surface area contributed by atoms with Crippen LogP contribution in [0.15, 0.2) is 0 Å². The zero-order valence-corrected chi connectivity index (χ0v) is 11.9. The lowest BCUT2D eigenvalue weighted by atomic mass is 10.2. The van der Waals surface area contributed by atoms with Crippen molar-refractivity contribution in [2.45, 2.75) is 18.5 Å². The van der Waals surface area contributed by atoms with Crippen LogP contribution in [0.4, 0.5) is 8.78 Å². The maximum absolute atomic E-state index is 14.0. The molecule has 5 nitrogen and oxygen atoms in total. The third-order valence-electron chi connectivity index (χ3n) is 2.15. The monoisotopic (exact) mass is 301 g/mol. The molecule has 0 saturated carbocycles. The summed E-state index contributed by atoms with van der Waals surface area (Å²) in [6.07, 6.45) is 0. The molecule has 2 atom stereocenters. The van der Waals surface area contributed by atoms with Crippen molar-refractivity contribution in [1.29, 1.82) is 0 Å². The third kappa shape index (κ3) is 3.99. The highest BCUT2D eigenvalue weighted by molar-refractivity contribution is 7.80. The number of hydrogen-bond donors (Lipinski definition) is 5. The second-order valence-corrected chi connectivity index (χ2v) is 4.11. The zero-order chi connectivity index (χ0) is 14.4. The maximum atomic E-state index is 14.0. The van der Waals surface area contributed by atoms with Crippen LogP contribution in [0.1, 0.15) is 6.92 Å². The second kappa shape index (κ2) is 7.15. The molecule has 0 spiro atoms. The van der Waals surface area contributed by atoms with Crippen LogP contribution < -0.4 is 16.0 Å². The van der Waals surface area contributed by atoms with Crippen molar-refractivity contribution in [3.63, 3.8) is 0 Å². The van der Waals surface area contributed by atoms with Gasteiger partial charge in [-0.05, 0) is 6.54 Å². The van der Waals surface area contributed by atoms with E-state index in [0.29, 0.717) is 0 Å². The van der Waals surface area contributed by atoms with Crippen molar-refractivity contribution in [3.8, 4) is 0 Å². The van der Waals surface area contributed by atoms with Crippen LogP contribution in [0.3, 0.4) is 0 Å². The largest absolute Gasteiger partial charge is 0.355 e. The summed E-state index contributed by atoms with van der Waals surface area (Å²) in [5, 5.41) is 5.95. The number of amides is 2. The van der Waals surface area contributed by atoms with Gasteiger partial charge in [-0.25, -0.2) is 8.78 Å². The van der Waals surface area contributed by atoms with Gasteiger partial charge in [0.1, 0.15) is 0 Å². The van der Waals surface area contributed by atoms with E-state index >= 15 is 0 Å². The van der Waals surface area contributed by atoms with Gasteiger partial charge < -0.3 is 10.6 Å². The number of nitrogens with one attached hydrogen (secondary N) is 3. The number of carbonyl (C=O) groups is 2. The summed E-state index contributed by atoms with van der Waals surface area (Å²) in [5.41, 5.74) is 0. The highest BCUT2D eigenvalue weighted by Gasteiger charge is 2.45. The fourth-order valence-corrected chi connectivity index (χ4v) is 1.61. The van der Waals surface area contributed by atoms with Gasteiger partial charge in [0.05, 0.1) is 5.75 Å². The van der Waals surface area contributed by atoms with Crippen molar-refractivity contribution >= 4 is 37.1 Å². The molecule has 0 rings (SSSR count). The standard InChI is InChI=1S/C9H17F2N3O2S2/c1-3-13-8(10,4-17)7(16)14-9(11,5-18)6(15)12-2/h13,17-18H,3-5H2,1-2H3,(H,12,15)(H,14,16)/t8-,9?/m1/s1. The molecule has 0 aliphatic heterocycles. The fraction of sp³-hybridized carbons (Fsp3) is 0.778. The molecule has 106 valence electrons. The Bertz CT molecular complexity index is 322. The van der Waals surface area contributed by atoms with Crippen molar-refractivity contribution in [2.75, 3.05) is 25.1 Å². The first kappa shape index (κ1) is 17.5. The Balaban J connectivity index is 4.95. The quantitative estimate of drug-likeness (QED) is 0.330. The van der Waals surface area contributed by atoms with Crippen molar-refractivity contribution in [1.82, 2.24) is 16.0 Å². The number of alkyl halides is 2. The highest BCUT2D eigenvalue weighted by atomic mass is 32.1. The highest BCUT2D eigenvalue weighted by Crippen LogP contribution is 2.15. The van der Waals surface area contributed by atoms with E-state index in [1.807, 2.05) is 5.32 Å². The molecule has 0 saturated heterocycles.